The molecule has 1 aliphatic rings. The number of aryl methyl sites for hydroxylation is 3. The van der Waals surface area contributed by atoms with Crippen LogP contribution in [0.4, 0.5) is 5.69 Å². The third kappa shape index (κ3) is 3.80. The van der Waals surface area contributed by atoms with Crippen LogP contribution in [0.5, 0.6) is 5.75 Å². The van der Waals surface area contributed by atoms with Crippen LogP contribution in [0.2, 0.25) is 0 Å². The van der Waals surface area contributed by atoms with E-state index in [-0.39, 0.29) is 17.9 Å². The highest BCUT2D eigenvalue weighted by Gasteiger charge is 2.20. The lowest BCUT2D eigenvalue weighted by Gasteiger charge is -2.10. The number of anilines is 1. The largest absolute Gasteiger partial charge is 0.494 e. The zero-order valence-electron chi connectivity index (χ0n) is 15.9. The highest BCUT2D eigenvalue weighted by Crippen LogP contribution is 2.33. The number of aromatic nitrogens is 2. The molecule has 0 bridgehead atoms. The summed E-state index contributed by atoms with van der Waals surface area (Å²) in [7, 11) is 0. The summed E-state index contributed by atoms with van der Waals surface area (Å²) in [6.07, 6.45) is 6.08. The zero-order chi connectivity index (χ0) is 19.5. The van der Waals surface area contributed by atoms with Gasteiger partial charge < -0.3 is 10.1 Å². The fraction of sp³-hybridized carbons (Fsp3) is 0.381. The SMILES string of the molecule is CCOc1ccc(NC(=O)CCn2cnc3sc4c(c3c2=O)CCCC4)cc1. The van der Waals surface area contributed by atoms with E-state index in [0.717, 1.165) is 35.2 Å². The lowest BCUT2D eigenvalue weighted by Crippen LogP contribution is -2.24. The smallest absolute Gasteiger partial charge is 0.262 e. The number of fused-ring (bicyclic) bond motifs is 3. The van der Waals surface area contributed by atoms with E-state index in [0.29, 0.717) is 18.8 Å². The topological polar surface area (TPSA) is 73.2 Å². The van der Waals surface area contributed by atoms with Gasteiger partial charge in [-0.05, 0) is 62.4 Å². The molecule has 0 fully saturated rings. The van der Waals surface area contributed by atoms with Crippen LogP contribution in [0, 0.1) is 0 Å². The first kappa shape index (κ1) is 18.7. The molecule has 1 N–H and O–H groups in total. The van der Waals surface area contributed by atoms with Crippen LogP contribution in [0.25, 0.3) is 10.2 Å². The molecule has 28 heavy (non-hydrogen) atoms. The van der Waals surface area contributed by atoms with Gasteiger partial charge in [0.05, 0.1) is 18.3 Å². The number of hydrogen-bond donors (Lipinski definition) is 1. The molecule has 0 radical (unpaired) electrons. The van der Waals surface area contributed by atoms with Gasteiger partial charge in [0, 0.05) is 23.5 Å². The summed E-state index contributed by atoms with van der Waals surface area (Å²) in [6, 6.07) is 7.25. The summed E-state index contributed by atoms with van der Waals surface area (Å²) in [5, 5.41) is 3.61. The standard InChI is InChI=1S/C21H23N3O3S/c1-2-27-15-9-7-14(8-10-15)23-18(25)11-12-24-13-22-20-19(21(24)26)16-5-3-4-6-17(16)28-20/h7-10,13H,2-6,11-12H2,1H3,(H,23,25). The zero-order valence-corrected chi connectivity index (χ0v) is 16.7. The van der Waals surface area contributed by atoms with E-state index in [1.165, 1.54) is 16.9 Å². The van der Waals surface area contributed by atoms with Crippen molar-refractivity contribution >= 4 is 33.1 Å². The average molecular weight is 398 g/mol. The van der Waals surface area contributed by atoms with Gasteiger partial charge in [-0.2, -0.15) is 0 Å². The van der Waals surface area contributed by atoms with E-state index in [9.17, 15) is 9.59 Å². The van der Waals surface area contributed by atoms with Gasteiger partial charge in [-0.15, -0.1) is 11.3 Å². The number of benzene rings is 1. The Bertz CT molecular complexity index is 1050. The Labute approximate surface area is 167 Å². The molecule has 1 aromatic carbocycles. The highest BCUT2D eigenvalue weighted by molar-refractivity contribution is 7.18. The average Bonchev–Trinajstić information content (AvgIpc) is 3.08. The van der Waals surface area contributed by atoms with E-state index >= 15 is 0 Å². The minimum atomic E-state index is -0.136. The van der Waals surface area contributed by atoms with Gasteiger partial charge >= 0.3 is 0 Å². The molecule has 0 spiro atoms. The summed E-state index contributed by atoms with van der Waals surface area (Å²) < 4.78 is 6.95. The first-order valence-electron chi connectivity index (χ1n) is 9.68. The molecule has 2 heterocycles. The maximum absolute atomic E-state index is 12.9. The highest BCUT2D eigenvalue weighted by atomic mass is 32.1. The van der Waals surface area contributed by atoms with E-state index in [1.807, 2.05) is 19.1 Å². The minimum Gasteiger partial charge on any atom is -0.494 e. The molecular formula is C21H23N3O3S. The van der Waals surface area contributed by atoms with Gasteiger partial charge in [0.15, 0.2) is 0 Å². The van der Waals surface area contributed by atoms with E-state index in [4.69, 9.17) is 4.74 Å². The third-order valence-corrected chi connectivity index (χ3v) is 6.17. The van der Waals surface area contributed by atoms with Gasteiger partial charge in [0.1, 0.15) is 10.6 Å². The number of rotatable bonds is 6. The number of nitrogens with one attached hydrogen (secondary N) is 1. The van der Waals surface area contributed by atoms with Crippen LogP contribution in [-0.4, -0.2) is 22.1 Å². The Kier molecular flexibility index (Phi) is 5.43. The molecule has 0 atom stereocenters. The Balaban J connectivity index is 1.44. The number of thiophene rings is 1. The molecule has 1 aliphatic carbocycles. The molecular weight excluding hydrogens is 374 g/mol. The quantitative estimate of drug-likeness (QED) is 0.687. The van der Waals surface area contributed by atoms with Gasteiger partial charge in [-0.3, -0.25) is 14.2 Å². The normalized spacial score (nSPS) is 13.3. The van der Waals surface area contributed by atoms with Crippen molar-refractivity contribution in [3.63, 3.8) is 0 Å². The van der Waals surface area contributed by atoms with Crippen molar-refractivity contribution in [3.8, 4) is 5.75 Å². The van der Waals surface area contributed by atoms with Gasteiger partial charge in [0.25, 0.3) is 5.56 Å². The number of amides is 1. The fourth-order valence-electron chi connectivity index (χ4n) is 3.59. The predicted molar refractivity (Wildman–Crippen MR) is 111 cm³/mol. The first-order valence-corrected chi connectivity index (χ1v) is 10.5. The second kappa shape index (κ2) is 8.14. The second-order valence-corrected chi connectivity index (χ2v) is 7.97. The minimum absolute atomic E-state index is 0.0294. The lowest BCUT2D eigenvalue weighted by atomic mass is 9.97. The fourth-order valence-corrected chi connectivity index (χ4v) is 4.81. The molecule has 0 saturated heterocycles. The van der Waals surface area contributed by atoms with E-state index in [1.54, 1.807) is 34.4 Å². The van der Waals surface area contributed by atoms with Crippen LogP contribution in [0.15, 0.2) is 35.4 Å². The van der Waals surface area contributed by atoms with Crippen LogP contribution in [0.3, 0.4) is 0 Å². The molecule has 3 aromatic rings. The maximum Gasteiger partial charge on any atom is 0.262 e. The molecule has 0 aliphatic heterocycles. The third-order valence-electron chi connectivity index (χ3n) is 4.97. The molecule has 1 amide bonds. The van der Waals surface area contributed by atoms with Gasteiger partial charge in [0.2, 0.25) is 5.91 Å². The number of carbonyl (C=O) groups is 1. The monoisotopic (exact) mass is 397 g/mol. The summed E-state index contributed by atoms with van der Waals surface area (Å²) in [4.78, 5) is 31.8. The number of carbonyl (C=O) groups excluding carboxylic acids is 1. The number of hydrogen-bond acceptors (Lipinski definition) is 5. The molecule has 146 valence electrons. The molecule has 0 saturated carbocycles. The van der Waals surface area contributed by atoms with Crippen LogP contribution in [-0.2, 0) is 24.2 Å². The van der Waals surface area contributed by atoms with E-state index < -0.39 is 0 Å². The summed E-state index contributed by atoms with van der Waals surface area (Å²) in [5.74, 6) is 0.633. The molecule has 2 aromatic heterocycles. The van der Waals surface area contributed by atoms with Crippen molar-refractivity contribution in [2.75, 3.05) is 11.9 Å². The Hall–Kier alpha value is -2.67. The van der Waals surface area contributed by atoms with Crippen molar-refractivity contribution < 1.29 is 9.53 Å². The van der Waals surface area contributed by atoms with Crippen LogP contribution >= 0.6 is 11.3 Å². The molecule has 0 unspecified atom stereocenters. The van der Waals surface area contributed by atoms with Gasteiger partial charge in [-0.1, -0.05) is 0 Å². The molecule has 4 rings (SSSR count). The summed E-state index contributed by atoms with van der Waals surface area (Å²) in [5.41, 5.74) is 1.86. The van der Waals surface area contributed by atoms with E-state index in [2.05, 4.69) is 10.3 Å². The molecule has 6 nitrogen and oxygen atoms in total. The van der Waals surface area contributed by atoms with Crippen molar-refractivity contribution in [2.24, 2.45) is 0 Å². The number of ether oxygens (including phenoxy) is 1. The van der Waals surface area contributed by atoms with Gasteiger partial charge in [-0.25, -0.2) is 4.98 Å². The van der Waals surface area contributed by atoms with Crippen molar-refractivity contribution in [2.45, 2.75) is 45.6 Å². The molecule has 7 heteroatoms. The van der Waals surface area contributed by atoms with Crippen molar-refractivity contribution in [3.05, 3.63) is 51.4 Å². The first-order chi connectivity index (χ1) is 13.7. The predicted octanol–water partition coefficient (Wildman–Crippen LogP) is 3.76. The Morgan fingerprint density at radius 3 is 2.82 bits per heavy atom. The Morgan fingerprint density at radius 2 is 2.04 bits per heavy atom. The second-order valence-electron chi connectivity index (χ2n) is 6.89. The Morgan fingerprint density at radius 1 is 1.25 bits per heavy atom. The van der Waals surface area contributed by atoms with Crippen LogP contribution < -0.4 is 15.6 Å². The summed E-state index contributed by atoms with van der Waals surface area (Å²) >= 11 is 1.64. The number of nitrogens with zero attached hydrogens (tertiary/aromatic N) is 2. The summed E-state index contributed by atoms with van der Waals surface area (Å²) in [6.45, 7) is 2.84. The maximum atomic E-state index is 12.9. The lowest BCUT2D eigenvalue weighted by molar-refractivity contribution is -0.116. The van der Waals surface area contributed by atoms with Crippen molar-refractivity contribution in [1.82, 2.24) is 9.55 Å². The van der Waals surface area contributed by atoms with Crippen LogP contribution in [0.1, 0.15) is 36.6 Å². The van der Waals surface area contributed by atoms with Crippen molar-refractivity contribution in [1.29, 1.82) is 0 Å².